The molecule has 0 amide bonds. The highest BCUT2D eigenvalue weighted by Crippen LogP contribution is 2.38. The van der Waals surface area contributed by atoms with Crippen molar-refractivity contribution < 1.29 is 23.4 Å². The number of aromatic nitrogens is 3. The predicted molar refractivity (Wildman–Crippen MR) is 102 cm³/mol. The van der Waals surface area contributed by atoms with Crippen LogP contribution in [0, 0.1) is 6.92 Å². The number of nitrogens with zero attached hydrogens (tertiary/aromatic N) is 3. The Hall–Kier alpha value is -2.91. The minimum atomic E-state index is -2.96. The van der Waals surface area contributed by atoms with Crippen molar-refractivity contribution in [1.29, 1.82) is 0 Å². The molecule has 28 heavy (non-hydrogen) atoms. The molecule has 0 aliphatic rings. The largest absolute Gasteiger partial charge is 0.490 e. The lowest BCUT2D eigenvalue weighted by molar-refractivity contribution is -0.0533. The first-order valence-electron chi connectivity index (χ1n) is 8.42. The molecule has 0 fully saturated rings. The van der Waals surface area contributed by atoms with Gasteiger partial charge in [-0.1, -0.05) is 12.1 Å². The number of rotatable bonds is 6. The van der Waals surface area contributed by atoms with Gasteiger partial charge in [-0.3, -0.25) is 0 Å². The Morgan fingerprint density at radius 2 is 1.86 bits per heavy atom. The van der Waals surface area contributed by atoms with Crippen molar-refractivity contribution >= 4 is 32.6 Å². The molecule has 1 N–H and O–H groups in total. The van der Waals surface area contributed by atoms with Gasteiger partial charge in [-0.25, -0.2) is 15.0 Å². The molecule has 0 spiro atoms. The van der Waals surface area contributed by atoms with E-state index in [0.717, 1.165) is 15.8 Å². The van der Waals surface area contributed by atoms with Crippen LogP contribution in [0.3, 0.4) is 0 Å². The normalized spacial score (nSPS) is 11.5. The van der Waals surface area contributed by atoms with Crippen molar-refractivity contribution in [2.24, 2.45) is 0 Å². The van der Waals surface area contributed by atoms with E-state index in [1.54, 1.807) is 19.1 Å². The Balaban J connectivity index is 1.84. The summed E-state index contributed by atoms with van der Waals surface area (Å²) in [5.41, 5.74) is 2.77. The molecule has 0 saturated heterocycles. The van der Waals surface area contributed by atoms with Crippen molar-refractivity contribution in [1.82, 2.24) is 15.0 Å². The van der Waals surface area contributed by atoms with Gasteiger partial charge in [0.2, 0.25) is 5.88 Å². The molecule has 0 aliphatic heterocycles. The first kappa shape index (κ1) is 18.5. The molecular formula is C19H15F2N3O3S. The monoisotopic (exact) mass is 403 g/mol. The van der Waals surface area contributed by atoms with E-state index >= 15 is 0 Å². The molecule has 0 bridgehead atoms. The highest BCUT2D eigenvalue weighted by atomic mass is 32.1. The van der Waals surface area contributed by atoms with Crippen molar-refractivity contribution in [3.05, 3.63) is 42.1 Å². The fourth-order valence-electron chi connectivity index (χ4n) is 2.82. The lowest BCUT2D eigenvalue weighted by Gasteiger charge is -2.09. The summed E-state index contributed by atoms with van der Waals surface area (Å²) in [5.74, 6) is 0.453. The highest BCUT2D eigenvalue weighted by molar-refractivity contribution is 7.22. The Morgan fingerprint density at radius 3 is 2.64 bits per heavy atom. The first-order chi connectivity index (χ1) is 13.6. The zero-order chi connectivity index (χ0) is 19.7. The maximum Gasteiger partial charge on any atom is 0.388 e. The number of aliphatic hydroxyl groups is 1. The average Bonchev–Trinajstić information content (AvgIpc) is 3.11. The third kappa shape index (κ3) is 3.46. The molecule has 4 aromatic rings. The Labute approximate surface area is 162 Å². The van der Waals surface area contributed by atoms with Crippen LogP contribution >= 0.6 is 11.3 Å². The van der Waals surface area contributed by atoms with E-state index in [1.165, 1.54) is 11.3 Å². The zero-order valence-corrected chi connectivity index (χ0v) is 15.5. The number of aliphatic hydroxyl groups excluding tert-OH is 1. The number of benzene rings is 2. The highest BCUT2D eigenvalue weighted by Gasteiger charge is 2.17. The number of ether oxygens (including phenoxy) is 2. The number of alkyl halides is 2. The molecular weight excluding hydrogens is 388 g/mol. The van der Waals surface area contributed by atoms with Crippen LogP contribution in [0.2, 0.25) is 0 Å². The van der Waals surface area contributed by atoms with Gasteiger partial charge in [0.25, 0.3) is 0 Å². The molecule has 2 aromatic carbocycles. The molecule has 4 rings (SSSR count). The van der Waals surface area contributed by atoms with E-state index in [2.05, 4.69) is 19.7 Å². The van der Waals surface area contributed by atoms with E-state index in [4.69, 9.17) is 9.84 Å². The fourth-order valence-corrected chi connectivity index (χ4v) is 3.88. The molecule has 0 aliphatic carbocycles. The third-order valence-corrected chi connectivity index (χ3v) is 5.10. The Kier molecular flexibility index (Phi) is 5.01. The lowest BCUT2D eigenvalue weighted by Crippen LogP contribution is -2.06. The van der Waals surface area contributed by atoms with Crippen LogP contribution in [0.15, 0.2) is 36.4 Å². The van der Waals surface area contributed by atoms with E-state index in [0.29, 0.717) is 21.8 Å². The number of hydrogen-bond acceptors (Lipinski definition) is 7. The second-order valence-corrected chi connectivity index (χ2v) is 6.86. The minimum absolute atomic E-state index is 0.0801. The number of fused-ring (bicyclic) bond motifs is 2. The standard InChI is InChI=1S/C19H15F2N3O3S/c1-10-17(27-19(20)21)23-12-5-2-4-11(15(12)22-10)18-24-13-6-3-7-14(16(13)28-18)26-9-8-25/h2-7,19,25H,8-9H2,1H3. The van der Waals surface area contributed by atoms with E-state index in [-0.39, 0.29) is 24.8 Å². The lowest BCUT2D eigenvalue weighted by atomic mass is 10.2. The van der Waals surface area contributed by atoms with Crippen molar-refractivity contribution in [3.63, 3.8) is 0 Å². The number of aryl methyl sites for hydroxylation is 1. The van der Waals surface area contributed by atoms with Crippen molar-refractivity contribution in [3.8, 4) is 22.2 Å². The molecule has 0 radical (unpaired) electrons. The summed E-state index contributed by atoms with van der Waals surface area (Å²) >= 11 is 1.43. The predicted octanol–water partition coefficient (Wildman–Crippen LogP) is 4.19. The number of hydrogen-bond donors (Lipinski definition) is 1. The number of para-hydroxylation sites is 1. The summed E-state index contributed by atoms with van der Waals surface area (Å²) < 4.78 is 36.0. The van der Waals surface area contributed by atoms with Crippen LogP contribution in [0.4, 0.5) is 8.78 Å². The van der Waals surface area contributed by atoms with E-state index in [9.17, 15) is 8.78 Å². The average molecular weight is 403 g/mol. The summed E-state index contributed by atoms with van der Waals surface area (Å²) in [6, 6.07) is 10.8. The molecule has 144 valence electrons. The van der Waals surface area contributed by atoms with Crippen LogP contribution < -0.4 is 9.47 Å². The van der Waals surface area contributed by atoms with Crippen molar-refractivity contribution in [2.75, 3.05) is 13.2 Å². The second kappa shape index (κ2) is 7.61. The van der Waals surface area contributed by atoms with Gasteiger partial charge in [-0.15, -0.1) is 11.3 Å². The number of halogens is 2. The summed E-state index contributed by atoms with van der Waals surface area (Å²) in [7, 11) is 0. The van der Waals surface area contributed by atoms with Crippen LogP contribution in [-0.2, 0) is 0 Å². The van der Waals surface area contributed by atoms with Crippen LogP contribution in [0.5, 0.6) is 11.6 Å². The minimum Gasteiger partial charge on any atom is -0.490 e. The van der Waals surface area contributed by atoms with Crippen LogP contribution in [-0.4, -0.2) is 39.9 Å². The molecule has 0 saturated carbocycles. The van der Waals surface area contributed by atoms with Gasteiger partial charge in [-0.05, 0) is 31.2 Å². The SMILES string of the molecule is Cc1nc2c(-c3nc4cccc(OCCO)c4s3)cccc2nc1OC(F)F. The van der Waals surface area contributed by atoms with Gasteiger partial charge in [0.15, 0.2) is 0 Å². The Morgan fingerprint density at radius 1 is 1.07 bits per heavy atom. The summed E-state index contributed by atoms with van der Waals surface area (Å²) in [4.78, 5) is 13.3. The molecule has 0 atom stereocenters. The van der Waals surface area contributed by atoms with E-state index < -0.39 is 6.61 Å². The van der Waals surface area contributed by atoms with Gasteiger partial charge >= 0.3 is 6.61 Å². The maximum atomic E-state index is 12.6. The quantitative estimate of drug-likeness (QED) is 0.520. The van der Waals surface area contributed by atoms with Gasteiger partial charge < -0.3 is 14.6 Å². The topological polar surface area (TPSA) is 77.4 Å². The van der Waals surface area contributed by atoms with E-state index in [1.807, 2.05) is 24.3 Å². The summed E-state index contributed by atoms with van der Waals surface area (Å²) in [6.45, 7) is -1.28. The third-order valence-electron chi connectivity index (χ3n) is 3.98. The van der Waals surface area contributed by atoms with Gasteiger partial charge in [0.05, 0.1) is 27.9 Å². The molecule has 2 aromatic heterocycles. The van der Waals surface area contributed by atoms with Crippen LogP contribution in [0.1, 0.15) is 5.69 Å². The zero-order valence-electron chi connectivity index (χ0n) is 14.7. The molecule has 2 heterocycles. The molecule has 9 heteroatoms. The fraction of sp³-hybridized carbons (Fsp3) is 0.211. The number of thiazole rings is 1. The first-order valence-corrected chi connectivity index (χ1v) is 9.24. The summed E-state index contributed by atoms with van der Waals surface area (Å²) in [6.07, 6.45) is 0. The maximum absolute atomic E-state index is 12.6. The smallest absolute Gasteiger partial charge is 0.388 e. The second-order valence-electron chi connectivity index (χ2n) is 5.86. The van der Waals surface area contributed by atoms with Crippen LogP contribution in [0.25, 0.3) is 31.8 Å². The van der Waals surface area contributed by atoms with Crippen molar-refractivity contribution in [2.45, 2.75) is 13.5 Å². The molecule has 6 nitrogen and oxygen atoms in total. The van der Waals surface area contributed by atoms with Gasteiger partial charge in [0.1, 0.15) is 23.1 Å². The summed E-state index contributed by atoms with van der Waals surface area (Å²) in [5, 5.41) is 9.70. The van der Waals surface area contributed by atoms with Gasteiger partial charge in [0, 0.05) is 5.56 Å². The molecule has 0 unspecified atom stereocenters. The van der Waals surface area contributed by atoms with Gasteiger partial charge in [-0.2, -0.15) is 8.78 Å². The Bertz CT molecular complexity index is 1150.